The minimum absolute atomic E-state index is 0.256. The van der Waals surface area contributed by atoms with Gasteiger partial charge in [0.05, 0.1) is 0 Å². The van der Waals surface area contributed by atoms with Gasteiger partial charge in [-0.15, -0.1) is 13.2 Å². The molecule has 0 spiro atoms. The Balaban J connectivity index is 1.94. The van der Waals surface area contributed by atoms with Crippen molar-refractivity contribution in [3.8, 4) is 5.75 Å². The van der Waals surface area contributed by atoms with Crippen LogP contribution in [0.4, 0.5) is 13.2 Å². The van der Waals surface area contributed by atoms with E-state index in [4.69, 9.17) is 0 Å². The number of rotatable bonds is 4. The molecule has 0 aliphatic heterocycles. The van der Waals surface area contributed by atoms with Crippen molar-refractivity contribution in [1.29, 1.82) is 0 Å². The molecule has 109 valence electrons. The summed E-state index contributed by atoms with van der Waals surface area (Å²) in [5, 5.41) is 2.67. The minimum Gasteiger partial charge on any atom is -0.406 e. The van der Waals surface area contributed by atoms with Gasteiger partial charge in [-0.05, 0) is 35.9 Å². The average Bonchev–Trinajstić information content (AvgIpc) is 2.45. The number of ether oxygens (including phenoxy) is 1. The van der Waals surface area contributed by atoms with Crippen LogP contribution in [0.25, 0.3) is 0 Å². The fourth-order valence-electron chi connectivity index (χ4n) is 1.63. The number of amides is 1. The number of hydrogen-bond acceptors (Lipinski definition) is 2. The smallest absolute Gasteiger partial charge is 0.406 e. The molecule has 0 saturated heterocycles. The van der Waals surface area contributed by atoms with E-state index < -0.39 is 6.36 Å². The number of benzene rings is 2. The van der Waals surface area contributed by atoms with E-state index >= 15 is 0 Å². The molecule has 2 aromatic rings. The van der Waals surface area contributed by atoms with Gasteiger partial charge in [-0.3, -0.25) is 4.79 Å². The van der Waals surface area contributed by atoms with E-state index in [2.05, 4.69) is 16.1 Å². The van der Waals surface area contributed by atoms with Gasteiger partial charge in [0.25, 0.3) is 5.91 Å². The van der Waals surface area contributed by atoms with Gasteiger partial charge >= 0.3 is 6.36 Å². The Morgan fingerprint density at radius 3 is 2.29 bits per heavy atom. The zero-order valence-corrected chi connectivity index (χ0v) is 10.8. The molecule has 1 N–H and O–H groups in total. The summed E-state index contributed by atoms with van der Waals surface area (Å²) in [4.78, 5) is 11.8. The lowest BCUT2D eigenvalue weighted by Crippen LogP contribution is -2.22. The van der Waals surface area contributed by atoms with Gasteiger partial charge in [0.1, 0.15) is 5.75 Å². The summed E-state index contributed by atoms with van der Waals surface area (Å²) in [5.74, 6) is -0.737. The highest BCUT2D eigenvalue weighted by molar-refractivity contribution is 5.94. The Morgan fingerprint density at radius 1 is 1.10 bits per heavy atom. The number of halogens is 3. The molecule has 0 aliphatic carbocycles. The zero-order chi connectivity index (χ0) is 15.3. The van der Waals surface area contributed by atoms with Crippen LogP contribution in [-0.4, -0.2) is 12.3 Å². The lowest BCUT2D eigenvalue weighted by atomic mass is 10.2. The molecule has 0 saturated carbocycles. The summed E-state index contributed by atoms with van der Waals surface area (Å²) in [7, 11) is 0. The number of carbonyl (C=O) groups is 1. The van der Waals surface area contributed by atoms with Crippen LogP contribution in [0.3, 0.4) is 0 Å². The second-order valence-corrected chi connectivity index (χ2v) is 4.16. The largest absolute Gasteiger partial charge is 0.573 e. The van der Waals surface area contributed by atoms with E-state index in [1.54, 1.807) is 24.3 Å². The summed E-state index contributed by atoms with van der Waals surface area (Å²) >= 11 is 0. The van der Waals surface area contributed by atoms with Gasteiger partial charge in [0.2, 0.25) is 0 Å². The van der Waals surface area contributed by atoms with Gasteiger partial charge in [0, 0.05) is 12.1 Å². The van der Waals surface area contributed by atoms with Crippen molar-refractivity contribution in [2.75, 3.05) is 0 Å². The third-order valence-electron chi connectivity index (χ3n) is 2.59. The van der Waals surface area contributed by atoms with Crippen molar-refractivity contribution in [3.05, 3.63) is 65.7 Å². The van der Waals surface area contributed by atoms with Gasteiger partial charge < -0.3 is 10.1 Å². The highest BCUT2D eigenvalue weighted by atomic mass is 19.4. The highest BCUT2D eigenvalue weighted by Gasteiger charge is 2.31. The maximum Gasteiger partial charge on any atom is 0.573 e. The molecular weight excluding hydrogens is 283 g/mol. The van der Waals surface area contributed by atoms with Crippen molar-refractivity contribution in [3.63, 3.8) is 0 Å². The van der Waals surface area contributed by atoms with E-state index in [0.717, 1.165) is 17.7 Å². The van der Waals surface area contributed by atoms with Crippen LogP contribution >= 0.6 is 0 Å². The summed E-state index contributed by atoms with van der Waals surface area (Å²) < 4.78 is 39.7. The first-order valence-electron chi connectivity index (χ1n) is 6.03. The third kappa shape index (κ3) is 4.83. The minimum atomic E-state index is -4.74. The van der Waals surface area contributed by atoms with Gasteiger partial charge in [-0.25, -0.2) is 0 Å². The lowest BCUT2D eigenvalue weighted by molar-refractivity contribution is -0.274. The van der Waals surface area contributed by atoms with Gasteiger partial charge in [-0.1, -0.05) is 24.3 Å². The first kappa shape index (κ1) is 14.9. The topological polar surface area (TPSA) is 38.3 Å². The monoisotopic (exact) mass is 294 g/mol. The number of alkyl halides is 3. The Morgan fingerprint density at radius 2 is 1.71 bits per heavy atom. The molecule has 2 rings (SSSR count). The number of carbonyl (C=O) groups excluding carboxylic acids is 1. The van der Waals surface area contributed by atoms with Crippen LogP contribution in [0.5, 0.6) is 5.75 Å². The predicted octanol–water partition coefficient (Wildman–Crippen LogP) is 3.32. The summed E-state index contributed by atoms with van der Waals surface area (Å²) in [6.07, 6.45) is -4.74. The molecular formula is C15H11F3NO2. The summed E-state index contributed by atoms with van der Waals surface area (Å²) in [6.45, 7) is 0.328. The second-order valence-electron chi connectivity index (χ2n) is 4.16. The van der Waals surface area contributed by atoms with Crippen LogP contribution in [0.15, 0.2) is 48.5 Å². The van der Waals surface area contributed by atoms with Crippen LogP contribution in [0.2, 0.25) is 0 Å². The number of hydrogen-bond donors (Lipinski definition) is 1. The maximum atomic E-state index is 12.0. The maximum absolute atomic E-state index is 12.0. The van der Waals surface area contributed by atoms with Crippen molar-refractivity contribution in [1.82, 2.24) is 5.32 Å². The average molecular weight is 294 g/mol. The third-order valence-corrected chi connectivity index (χ3v) is 2.59. The second kappa shape index (κ2) is 6.30. The molecule has 0 unspecified atom stereocenters. The normalized spacial score (nSPS) is 11.0. The zero-order valence-electron chi connectivity index (χ0n) is 10.8. The quantitative estimate of drug-likeness (QED) is 0.939. The Kier molecular flexibility index (Phi) is 4.47. The molecule has 0 atom stereocenters. The fraction of sp³-hybridized carbons (Fsp3) is 0.133. The molecule has 6 heteroatoms. The molecule has 0 bridgehead atoms. The highest BCUT2D eigenvalue weighted by Crippen LogP contribution is 2.22. The molecule has 0 aliphatic rings. The van der Waals surface area contributed by atoms with Gasteiger partial charge in [0.15, 0.2) is 0 Å². The molecule has 21 heavy (non-hydrogen) atoms. The van der Waals surface area contributed by atoms with E-state index in [1.165, 1.54) is 12.1 Å². The van der Waals surface area contributed by atoms with E-state index in [1.807, 2.05) is 0 Å². The summed E-state index contributed by atoms with van der Waals surface area (Å²) in [6, 6.07) is 14.7. The molecule has 0 heterocycles. The lowest BCUT2D eigenvalue weighted by Gasteiger charge is -2.09. The predicted molar refractivity (Wildman–Crippen MR) is 69.6 cm³/mol. The van der Waals surface area contributed by atoms with Crippen molar-refractivity contribution in [2.45, 2.75) is 12.9 Å². The van der Waals surface area contributed by atoms with Crippen LogP contribution in [0, 0.1) is 6.07 Å². The van der Waals surface area contributed by atoms with Crippen LogP contribution in [0.1, 0.15) is 15.9 Å². The van der Waals surface area contributed by atoms with Crippen LogP contribution in [-0.2, 0) is 6.54 Å². The van der Waals surface area contributed by atoms with Crippen molar-refractivity contribution in [2.24, 2.45) is 0 Å². The van der Waals surface area contributed by atoms with E-state index in [-0.39, 0.29) is 17.2 Å². The molecule has 1 amide bonds. The fourth-order valence-corrected chi connectivity index (χ4v) is 1.63. The van der Waals surface area contributed by atoms with Crippen molar-refractivity contribution >= 4 is 5.91 Å². The first-order chi connectivity index (χ1) is 9.94. The molecule has 2 aromatic carbocycles. The Hall–Kier alpha value is -2.50. The molecule has 3 nitrogen and oxygen atoms in total. The Bertz CT molecular complexity index is 595. The van der Waals surface area contributed by atoms with Crippen LogP contribution < -0.4 is 10.1 Å². The molecule has 0 fully saturated rings. The van der Waals surface area contributed by atoms with Crippen molar-refractivity contribution < 1.29 is 22.7 Å². The van der Waals surface area contributed by atoms with Gasteiger partial charge in [-0.2, -0.15) is 0 Å². The number of nitrogens with one attached hydrogen (secondary N) is 1. The molecule has 0 aromatic heterocycles. The van der Waals surface area contributed by atoms with E-state index in [0.29, 0.717) is 6.54 Å². The Labute approximate surface area is 119 Å². The van der Waals surface area contributed by atoms with E-state index in [9.17, 15) is 18.0 Å². The summed E-state index contributed by atoms with van der Waals surface area (Å²) in [5.41, 5.74) is 1.16. The molecule has 1 radical (unpaired) electrons. The SMILES string of the molecule is O=C(NCc1cc[c]cc1)c1ccc(OC(F)(F)F)cc1. The standard InChI is InChI=1S/C15H11F3NO2/c16-15(17,18)21-13-8-6-12(7-9-13)14(20)19-10-11-4-2-1-3-5-11/h2-9H,10H2,(H,19,20). The first-order valence-corrected chi connectivity index (χ1v) is 6.03.